The van der Waals surface area contributed by atoms with Crippen molar-refractivity contribution in [3.63, 3.8) is 0 Å². The molecule has 25 heavy (non-hydrogen) atoms. The highest BCUT2D eigenvalue weighted by Crippen LogP contribution is 2.35. The number of pyridine rings is 1. The maximum absolute atomic E-state index is 12.6. The van der Waals surface area contributed by atoms with Crippen LogP contribution in [0.5, 0.6) is 5.75 Å². The summed E-state index contributed by atoms with van der Waals surface area (Å²) in [5.74, 6) is 0.214. The van der Waals surface area contributed by atoms with E-state index in [9.17, 15) is 9.59 Å². The fourth-order valence-corrected chi connectivity index (χ4v) is 2.75. The van der Waals surface area contributed by atoms with E-state index in [1.165, 1.54) is 4.90 Å². The lowest BCUT2D eigenvalue weighted by Crippen LogP contribution is -2.49. The maximum Gasteiger partial charge on any atom is 0.268 e. The van der Waals surface area contributed by atoms with Crippen LogP contribution >= 0.6 is 0 Å². The van der Waals surface area contributed by atoms with Gasteiger partial charge in [-0.05, 0) is 43.2 Å². The molecule has 1 aromatic carbocycles. The number of hydrogen-bond donors (Lipinski definition) is 1. The second kappa shape index (κ2) is 7.34. The van der Waals surface area contributed by atoms with Gasteiger partial charge < -0.3 is 10.1 Å². The van der Waals surface area contributed by atoms with E-state index in [1.807, 2.05) is 50.2 Å². The summed E-state index contributed by atoms with van der Waals surface area (Å²) in [6.45, 7) is 4.12. The Bertz CT molecular complexity index is 777. The molecule has 0 aliphatic carbocycles. The monoisotopic (exact) mass is 339 g/mol. The number of nitrogens with zero attached hydrogens (tertiary/aromatic N) is 2. The molecule has 1 N–H and O–H groups in total. The zero-order valence-electron chi connectivity index (χ0n) is 14.4. The molecule has 6 heteroatoms. The van der Waals surface area contributed by atoms with Crippen LogP contribution in [0.15, 0.2) is 42.6 Å². The number of rotatable bonds is 5. The van der Waals surface area contributed by atoms with Crippen molar-refractivity contribution >= 4 is 17.5 Å². The number of benzene rings is 1. The van der Waals surface area contributed by atoms with E-state index >= 15 is 0 Å². The Morgan fingerprint density at radius 1 is 1.32 bits per heavy atom. The first kappa shape index (κ1) is 17.0. The molecule has 0 fully saturated rings. The highest BCUT2D eigenvalue weighted by atomic mass is 16.5. The first-order valence-electron chi connectivity index (χ1n) is 8.33. The molecule has 0 radical (unpaired) electrons. The van der Waals surface area contributed by atoms with Gasteiger partial charge in [-0.25, -0.2) is 0 Å². The summed E-state index contributed by atoms with van der Waals surface area (Å²) >= 11 is 0. The molecule has 0 saturated heterocycles. The van der Waals surface area contributed by atoms with Crippen LogP contribution in [0, 0.1) is 6.92 Å². The van der Waals surface area contributed by atoms with Crippen molar-refractivity contribution < 1.29 is 14.3 Å². The van der Waals surface area contributed by atoms with Crippen LogP contribution in [0.4, 0.5) is 5.69 Å². The number of nitrogens with one attached hydrogen (secondary N) is 1. The van der Waals surface area contributed by atoms with Crippen molar-refractivity contribution in [1.29, 1.82) is 0 Å². The topological polar surface area (TPSA) is 71.5 Å². The van der Waals surface area contributed by atoms with Crippen molar-refractivity contribution in [2.45, 2.75) is 32.9 Å². The number of hydrogen-bond acceptors (Lipinski definition) is 4. The van der Waals surface area contributed by atoms with E-state index in [0.29, 0.717) is 24.4 Å². The van der Waals surface area contributed by atoms with Crippen molar-refractivity contribution in [2.75, 3.05) is 11.4 Å². The maximum atomic E-state index is 12.6. The molecule has 3 rings (SSSR count). The molecule has 2 amide bonds. The van der Waals surface area contributed by atoms with Gasteiger partial charge in [-0.15, -0.1) is 0 Å². The van der Waals surface area contributed by atoms with Gasteiger partial charge in [0.15, 0.2) is 6.10 Å². The quantitative estimate of drug-likeness (QED) is 0.907. The molecule has 6 nitrogen and oxygen atoms in total. The molecule has 130 valence electrons. The lowest BCUT2D eigenvalue weighted by molar-refractivity contribution is -0.129. The zero-order chi connectivity index (χ0) is 17.8. The van der Waals surface area contributed by atoms with E-state index in [4.69, 9.17) is 4.74 Å². The van der Waals surface area contributed by atoms with Crippen LogP contribution < -0.4 is 15.0 Å². The summed E-state index contributed by atoms with van der Waals surface area (Å²) in [4.78, 5) is 30.7. The van der Waals surface area contributed by atoms with Crippen LogP contribution in [0.1, 0.15) is 24.6 Å². The second-order valence-electron chi connectivity index (χ2n) is 6.01. The third-order valence-electron chi connectivity index (χ3n) is 4.08. The molecule has 2 aromatic rings. The number of aromatic nitrogens is 1. The third-order valence-corrected chi connectivity index (χ3v) is 4.08. The number of fused-ring (bicyclic) bond motifs is 1. The van der Waals surface area contributed by atoms with Crippen LogP contribution in [0.25, 0.3) is 0 Å². The molecule has 0 unspecified atom stereocenters. The van der Waals surface area contributed by atoms with Gasteiger partial charge in [-0.2, -0.15) is 0 Å². The molecule has 1 atom stereocenters. The fourth-order valence-electron chi connectivity index (χ4n) is 2.75. The smallest absolute Gasteiger partial charge is 0.268 e. The highest BCUT2D eigenvalue weighted by molar-refractivity contribution is 6.03. The fraction of sp³-hybridized carbons (Fsp3) is 0.316. The minimum absolute atomic E-state index is 0.0397. The van der Waals surface area contributed by atoms with Crippen LogP contribution in [0.3, 0.4) is 0 Å². The summed E-state index contributed by atoms with van der Waals surface area (Å²) in [5, 5.41) is 2.81. The molecule has 0 bridgehead atoms. The van der Waals surface area contributed by atoms with E-state index in [1.54, 1.807) is 6.20 Å². The van der Waals surface area contributed by atoms with Crippen molar-refractivity contribution in [1.82, 2.24) is 10.3 Å². The van der Waals surface area contributed by atoms with Crippen LogP contribution in [-0.2, 0) is 16.1 Å². The van der Waals surface area contributed by atoms with Gasteiger partial charge in [0.05, 0.1) is 17.9 Å². The average molecular weight is 339 g/mol. The number of carbonyl (C=O) groups excluding carboxylic acids is 2. The zero-order valence-corrected chi connectivity index (χ0v) is 14.4. The number of anilines is 1. The van der Waals surface area contributed by atoms with E-state index < -0.39 is 6.10 Å². The minimum Gasteiger partial charge on any atom is -0.478 e. The van der Waals surface area contributed by atoms with Crippen molar-refractivity contribution in [3.05, 3.63) is 53.9 Å². The lowest BCUT2D eigenvalue weighted by atomic mass is 10.1. The SMILES string of the molecule is CC[C@H]1Oc2ccc(C)cc2N(CC(=O)NCc2ccccn2)C1=O. The van der Waals surface area contributed by atoms with Crippen LogP contribution in [0.2, 0.25) is 0 Å². The van der Waals surface area contributed by atoms with Gasteiger partial charge in [0.25, 0.3) is 5.91 Å². The number of aryl methyl sites for hydroxylation is 1. The molecular formula is C19H21N3O3. The molecule has 0 spiro atoms. The van der Waals surface area contributed by atoms with Gasteiger partial charge >= 0.3 is 0 Å². The Morgan fingerprint density at radius 3 is 2.88 bits per heavy atom. The van der Waals surface area contributed by atoms with Gasteiger partial charge in [-0.1, -0.05) is 19.1 Å². The van der Waals surface area contributed by atoms with Crippen molar-refractivity contribution in [2.24, 2.45) is 0 Å². The normalized spacial score (nSPS) is 16.2. The molecule has 2 heterocycles. The Labute approximate surface area is 146 Å². The average Bonchev–Trinajstić information content (AvgIpc) is 2.63. The summed E-state index contributed by atoms with van der Waals surface area (Å²) in [5.41, 5.74) is 2.42. The first-order chi connectivity index (χ1) is 12.1. The number of carbonyl (C=O) groups is 2. The Balaban J connectivity index is 1.74. The van der Waals surface area contributed by atoms with E-state index in [2.05, 4.69) is 10.3 Å². The minimum atomic E-state index is -0.557. The lowest BCUT2D eigenvalue weighted by Gasteiger charge is -2.33. The number of ether oxygens (including phenoxy) is 1. The molecular weight excluding hydrogens is 318 g/mol. The summed E-state index contributed by atoms with van der Waals surface area (Å²) in [6, 6.07) is 11.2. The predicted octanol–water partition coefficient (Wildman–Crippen LogP) is 2.21. The third kappa shape index (κ3) is 3.79. The summed E-state index contributed by atoms with van der Waals surface area (Å²) < 4.78 is 5.76. The standard InChI is InChI=1S/C19H21N3O3/c1-3-16-19(24)22(15-10-13(2)7-8-17(15)25-16)12-18(23)21-11-14-6-4-5-9-20-14/h4-10,16H,3,11-12H2,1-2H3,(H,21,23)/t16-/m1/s1. The van der Waals surface area contributed by atoms with Crippen LogP contribution in [-0.4, -0.2) is 29.4 Å². The van der Waals surface area contributed by atoms with Gasteiger partial charge in [0.1, 0.15) is 12.3 Å². The molecule has 0 saturated carbocycles. The van der Waals surface area contributed by atoms with Crippen molar-refractivity contribution in [3.8, 4) is 5.75 Å². The Morgan fingerprint density at radius 2 is 2.16 bits per heavy atom. The highest BCUT2D eigenvalue weighted by Gasteiger charge is 2.34. The first-order valence-corrected chi connectivity index (χ1v) is 8.33. The van der Waals surface area contributed by atoms with Gasteiger partial charge in [0, 0.05) is 6.20 Å². The largest absolute Gasteiger partial charge is 0.478 e. The summed E-state index contributed by atoms with van der Waals surface area (Å²) in [6.07, 6.45) is 1.68. The summed E-state index contributed by atoms with van der Waals surface area (Å²) in [7, 11) is 0. The molecule has 1 aliphatic heterocycles. The second-order valence-corrected chi connectivity index (χ2v) is 6.01. The van der Waals surface area contributed by atoms with Gasteiger partial charge in [0.2, 0.25) is 5.91 Å². The number of amides is 2. The Kier molecular flexibility index (Phi) is 4.97. The molecule has 1 aromatic heterocycles. The predicted molar refractivity (Wildman–Crippen MR) is 94.3 cm³/mol. The molecule has 1 aliphatic rings. The Hall–Kier alpha value is -2.89. The van der Waals surface area contributed by atoms with E-state index in [0.717, 1.165) is 11.3 Å². The van der Waals surface area contributed by atoms with E-state index in [-0.39, 0.29) is 18.4 Å². The van der Waals surface area contributed by atoms with Gasteiger partial charge in [-0.3, -0.25) is 19.5 Å².